The second kappa shape index (κ2) is 17.7. The molecule has 1 unspecified atom stereocenters. The standard InChI is InChI=1S/C35H64N2O11/c1-16-13-17(2)32(48-35-31(40)25(37(10)11)14-18(3)44-35)21(6)33(47-27-15-26(43-12)30(39)24(9)45-27)22(7)34(41)46-23(8)19(4)29(38)20(5)28(16)36-42/h16-27,29-33,35,38-40,42H,13-15H2,1-12H3/b36-28+/t16-,17-,18+,19-,20-,21+,22+,23+,24-,25-,26-,27-,29-,30-,31+,32-,33?,35-/m0/s1. The summed E-state index contributed by atoms with van der Waals surface area (Å²) in [5.74, 6) is -3.24. The van der Waals surface area contributed by atoms with Gasteiger partial charge in [0.15, 0.2) is 12.6 Å². The highest BCUT2D eigenvalue weighted by Gasteiger charge is 2.47. The maximum Gasteiger partial charge on any atom is 0.311 e. The van der Waals surface area contributed by atoms with Gasteiger partial charge in [-0.3, -0.25) is 4.79 Å². The molecule has 4 N–H and O–H groups in total. The zero-order valence-electron chi connectivity index (χ0n) is 31.1. The van der Waals surface area contributed by atoms with Gasteiger partial charge in [-0.1, -0.05) is 39.8 Å². The predicted molar refractivity (Wildman–Crippen MR) is 178 cm³/mol. The lowest BCUT2D eigenvalue weighted by molar-refractivity contribution is -0.298. The monoisotopic (exact) mass is 688 g/mol. The molecule has 0 spiro atoms. The molecule has 0 aliphatic carbocycles. The van der Waals surface area contributed by atoms with Crippen molar-refractivity contribution >= 4 is 11.7 Å². The summed E-state index contributed by atoms with van der Waals surface area (Å²) in [4.78, 5) is 15.8. The lowest BCUT2D eigenvalue weighted by Crippen LogP contribution is -2.57. The molecule has 48 heavy (non-hydrogen) atoms. The van der Waals surface area contributed by atoms with E-state index in [1.54, 1.807) is 20.8 Å². The highest BCUT2D eigenvalue weighted by Crippen LogP contribution is 2.37. The van der Waals surface area contributed by atoms with Crippen LogP contribution in [0, 0.1) is 35.5 Å². The molecule has 3 heterocycles. The number of methoxy groups -OCH3 is 1. The molecule has 0 radical (unpaired) electrons. The number of cyclic esters (lactones) is 1. The van der Waals surface area contributed by atoms with E-state index in [-0.39, 0.29) is 30.4 Å². The highest BCUT2D eigenvalue weighted by molar-refractivity contribution is 5.88. The largest absolute Gasteiger partial charge is 0.462 e. The van der Waals surface area contributed by atoms with E-state index >= 15 is 0 Å². The van der Waals surface area contributed by atoms with Crippen LogP contribution < -0.4 is 0 Å². The molecule has 13 nitrogen and oxygen atoms in total. The van der Waals surface area contributed by atoms with E-state index in [1.165, 1.54) is 7.11 Å². The number of hydrogen-bond acceptors (Lipinski definition) is 13. The molecule has 0 bridgehead atoms. The third-order valence-electron chi connectivity index (χ3n) is 11.2. The first kappa shape index (κ1) is 41.0. The van der Waals surface area contributed by atoms with Crippen molar-refractivity contribution in [3.8, 4) is 0 Å². The van der Waals surface area contributed by atoms with Gasteiger partial charge >= 0.3 is 5.97 Å². The van der Waals surface area contributed by atoms with E-state index in [2.05, 4.69) is 5.16 Å². The molecule has 3 saturated heterocycles. The zero-order valence-corrected chi connectivity index (χ0v) is 31.1. The van der Waals surface area contributed by atoms with E-state index < -0.39 is 91.1 Å². The van der Waals surface area contributed by atoms with Crippen LogP contribution >= 0.6 is 0 Å². The molecule has 3 aliphatic rings. The smallest absolute Gasteiger partial charge is 0.311 e. The minimum atomic E-state index is -0.959. The molecule has 0 aromatic heterocycles. The third kappa shape index (κ3) is 9.46. The number of ether oxygens (including phenoxy) is 6. The summed E-state index contributed by atoms with van der Waals surface area (Å²) in [5, 5.41) is 47.2. The SMILES string of the molecule is CO[C@H]1C[C@H](OC2[C@@H](C)C(=O)O[C@H](C)[C@H](C)[C@H](O)[C@@H](C)/C(=N/O)[C@@H](C)C[C@H](C)[C@H](O[C@@H]3O[C@H](C)C[C@H](N(C)C)[C@H]3O)[C@H]2C)O[C@@H](C)[C@@H]1O. The molecular weight excluding hydrogens is 624 g/mol. The van der Waals surface area contributed by atoms with Gasteiger partial charge in [-0.2, -0.15) is 0 Å². The van der Waals surface area contributed by atoms with Crippen molar-refractivity contribution < 1.29 is 53.7 Å². The number of carbonyl (C=O) groups excluding carboxylic acids is 1. The van der Waals surface area contributed by atoms with Crippen molar-refractivity contribution in [1.29, 1.82) is 0 Å². The first-order valence-electron chi connectivity index (χ1n) is 17.7. The van der Waals surface area contributed by atoms with Gasteiger partial charge in [0, 0.05) is 37.3 Å². The first-order chi connectivity index (χ1) is 22.4. The summed E-state index contributed by atoms with van der Waals surface area (Å²) >= 11 is 0. The summed E-state index contributed by atoms with van der Waals surface area (Å²) in [5.41, 5.74) is 0.438. The Morgan fingerprint density at radius 1 is 0.771 bits per heavy atom. The zero-order chi connectivity index (χ0) is 36.2. The van der Waals surface area contributed by atoms with E-state index in [0.717, 1.165) is 0 Å². The molecule has 3 aliphatic heterocycles. The number of rotatable bonds is 6. The van der Waals surface area contributed by atoms with Crippen LogP contribution in [0.2, 0.25) is 0 Å². The Morgan fingerprint density at radius 2 is 1.42 bits per heavy atom. The van der Waals surface area contributed by atoms with Gasteiger partial charge in [-0.15, -0.1) is 0 Å². The maximum atomic E-state index is 13.9. The fourth-order valence-corrected chi connectivity index (χ4v) is 7.87. The van der Waals surface area contributed by atoms with E-state index in [1.807, 2.05) is 60.5 Å². The van der Waals surface area contributed by atoms with Crippen molar-refractivity contribution in [3.63, 3.8) is 0 Å². The van der Waals surface area contributed by atoms with E-state index in [4.69, 9.17) is 28.4 Å². The lowest BCUT2D eigenvalue weighted by Gasteiger charge is -2.46. The van der Waals surface area contributed by atoms with Crippen LogP contribution in [0.15, 0.2) is 5.16 Å². The van der Waals surface area contributed by atoms with Gasteiger partial charge in [-0.25, -0.2) is 0 Å². The van der Waals surface area contributed by atoms with Crippen LogP contribution in [-0.2, 0) is 33.2 Å². The van der Waals surface area contributed by atoms with E-state index in [9.17, 15) is 25.3 Å². The third-order valence-corrected chi connectivity index (χ3v) is 11.2. The van der Waals surface area contributed by atoms with Crippen LogP contribution in [0.5, 0.6) is 0 Å². The number of likely N-dealkylation sites (N-methyl/N-ethyl adjacent to an activating group) is 1. The van der Waals surface area contributed by atoms with Gasteiger partial charge < -0.3 is 53.8 Å². The Bertz CT molecular complexity index is 1050. The molecule has 0 amide bonds. The second-order valence-corrected chi connectivity index (χ2v) is 15.1. The molecule has 3 fully saturated rings. The van der Waals surface area contributed by atoms with Gasteiger partial charge in [0.05, 0.1) is 48.3 Å². The van der Waals surface area contributed by atoms with Gasteiger partial charge in [-0.05, 0) is 66.5 Å². The molecule has 0 saturated carbocycles. The summed E-state index contributed by atoms with van der Waals surface area (Å²) in [6, 6.07) is -0.198. The minimum Gasteiger partial charge on any atom is -0.462 e. The molecule has 0 aromatic carbocycles. The number of aliphatic hydroxyl groups is 3. The average Bonchev–Trinajstić information content (AvgIpc) is 3.03. The Labute approximate surface area is 287 Å². The number of carbonyl (C=O) groups is 1. The molecule has 18 atom stereocenters. The van der Waals surface area contributed by atoms with Crippen LogP contribution in [0.3, 0.4) is 0 Å². The highest BCUT2D eigenvalue weighted by atomic mass is 16.7. The number of esters is 1. The molecule has 280 valence electrons. The molecule has 13 heteroatoms. The lowest BCUT2D eigenvalue weighted by atomic mass is 9.76. The fraction of sp³-hybridized carbons (Fsp3) is 0.943. The Kier molecular flexibility index (Phi) is 15.1. The fourth-order valence-electron chi connectivity index (χ4n) is 7.87. The van der Waals surface area contributed by atoms with Crippen molar-refractivity contribution in [1.82, 2.24) is 4.90 Å². The molecular formula is C35H64N2O11. The quantitative estimate of drug-likeness (QED) is 0.183. The number of oxime groups is 1. The summed E-state index contributed by atoms with van der Waals surface area (Å²) in [6.45, 7) is 16.7. The average molecular weight is 689 g/mol. The number of nitrogens with zero attached hydrogens (tertiary/aromatic N) is 2. The summed E-state index contributed by atoms with van der Waals surface area (Å²) in [6.07, 6.45) is -6.47. The summed E-state index contributed by atoms with van der Waals surface area (Å²) < 4.78 is 37.2. The minimum absolute atomic E-state index is 0.178. The Hall–Kier alpha value is -1.42. The van der Waals surface area contributed by atoms with Crippen LogP contribution in [0.1, 0.15) is 81.6 Å². The summed E-state index contributed by atoms with van der Waals surface area (Å²) in [7, 11) is 5.35. The number of hydrogen-bond donors (Lipinski definition) is 4. The normalized spacial score (nSPS) is 48.2. The molecule has 0 aromatic rings. The number of aliphatic hydroxyl groups excluding tert-OH is 3. The van der Waals surface area contributed by atoms with E-state index in [0.29, 0.717) is 18.6 Å². The Balaban J connectivity index is 2.09. The van der Waals surface area contributed by atoms with Crippen molar-refractivity contribution in [2.45, 2.75) is 155 Å². The predicted octanol–water partition coefficient (Wildman–Crippen LogP) is 3.04. The van der Waals surface area contributed by atoms with Crippen molar-refractivity contribution in [2.75, 3.05) is 21.2 Å². The second-order valence-electron chi connectivity index (χ2n) is 15.1. The van der Waals surface area contributed by atoms with Gasteiger partial charge in [0.2, 0.25) is 0 Å². The van der Waals surface area contributed by atoms with Crippen molar-refractivity contribution in [3.05, 3.63) is 0 Å². The van der Waals surface area contributed by atoms with Crippen molar-refractivity contribution in [2.24, 2.45) is 40.7 Å². The van der Waals surface area contributed by atoms with Crippen LogP contribution in [0.25, 0.3) is 0 Å². The van der Waals surface area contributed by atoms with Crippen LogP contribution in [0.4, 0.5) is 0 Å². The molecule has 3 rings (SSSR count). The topological polar surface area (TPSA) is 169 Å². The van der Waals surface area contributed by atoms with Crippen LogP contribution in [-0.4, -0.2) is 132 Å². The van der Waals surface area contributed by atoms with Gasteiger partial charge in [0.1, 0.15) is 18.3 Å². The van der Waals surface area contributed by atoms with Gasteiger partial charge in [0.25, 0.3) is 0 Å². The maximum absolute atomic E-state index is 13.9. The first-order valence-corrected chi connectivity index (χ1v) is 17.7. The Morgan fingerprint density at radius 3 is 2.00 bits per heavy atom.